The summed E-state index contributed by atoms with van der Waals surface area (Å²) >= 11 is 0. The fraction of sp³-hybridized carbons (Fsp3) is 0.683. The second kappa shape index (κ2) is 65.9. The maximum absolute atomic E-state index is 12.7. The van der Waals surface area contributed by atoms with Crippen molar-refractivity contribution in [3.05, 3.63) is 13.2 Å². The number of ether oxygens (including phenoxy) is 19. The van der Waals surface area contributed by atoms with E-state index in [-0.39, 0.29) is 220 Å². The maximum Gasteiger partial charge on any atom is 0.361 e. The summed E-state index contributed by atoms with van der Waals surface area (Å²) in [6.45, 7) is -9.70. The molecule has 8 rings (SSSR count). The zero-order valence-corrected chi connectivity index (χ0v) is 77.4. The van der Waals surface area contributed by atoms with E-state index in [1.807, 2.05) is 0 Å². The van der Waals surface area contributed by atoms with Crippen LogP contribution in [-0.2, 0) is 254 Å². The monoisotopic (exact) mass is 2050 g/mol. The van der Waals surface area contributed by atoms with Gasteiger partial charge in [0.1, 0.15) is 89.5 Å². The Morgan fingerprint density at radius 1 is 0.168 bits per heavy atom. The number of hydrogen-bond acceptors (Lipinski definition) is 53. The number of imide groups is 8. The highest BCUT2D eigenvalue weighted by molar-refractivity contribution is 6.06. The number of carbonyl (C=O) groups is 24. The second-order valence-corrected chi connectivity index (χ2v) is 30.0. The Bertz CT molecular complexity index is 4240. The summed E-state index contributed by atoms with van der Waals surface area (Å²) in [5.41, 5.74) is 0. The van der Waals surface area contributed by atoms with Gasteiger partial charge in [0.25, 0.3) is 94.5 Å². The fourth-order valence-corrected chi connectivity index (χ4v) is 12.1. The first-order valence-corrected chi connectivity index (χ1v) is 44.4. The number of hydrogen-bond donors (Lipinski definition) is 0. The largest absolute Gasteiger partial charge is 0.376 e. The van der Waals surface area contributed by atoms with Gasteiger partial charge >= 0.3 is 47.8 Å². The minimum Gasteiger partial charge on any atom is -0.376 e. The van der Waals surface area contributed by atoms with Crippen LogP contribution in [0.1, 0.15) is 103 Å². The highest BCUT2D eigenvalue weighted by atomic mass is 17.2. The molecule has 796 valence electrons. The van der Waals surface area contributed by atoms with Gasteiger partial charge in [-0.05, 0) is 0 Å². The van der Waals surface area contributed by atoms with Crippen molar-refractivity contribution < 1.29 is 254 Å². The highest BCUT2D eigenvalue weighted by Crippen LogP contribution is 2.21. The summed E-state index contributed by atoms with van der Waals surface area (Å²) in [6.07, 6.45) is -9.74. The normalized spacial score (nSPS) is 17.4. The molecule has 61 nitrogen and oxygen atoms in total. The predicted octanol–water partition coefficient (Wildman–Crippen LogP) is -6.88. The Morgan fingerprint density at radius 2 is 0.294 bits per heavy atom. The molecule has 0 saturated carbocycles. The lowest BCUT2D eigenvalue weighted by Crippen LogP contribution is -2.36. The molecule has 61 heteroatoms. The molecule has 8 fully saturated rings. The summed E-state index contributed by atoms with van der Waals surface area (Å²) in [5.74, 6) is -21.1. The van der Waals surface area contributed by atoms with E-state index in [9.17, 15) is 115 Å². The SMILES string of the molecule is C=C.O=C(COCCOCC(COCC(COCC(COCC(COCC(COCC(COOCC(=O)ON1C(=O)CCC1=O)OCCOCC(=O)ON1C(=O)CCC1=O)OCCOCC(=O)ON1C(=O)CCC1=O)OCCOCC(=O)ON1C(=O)CCC1=O)OCCOCC(=O)ON1C(=O)CCC1=O)OCCOCC(=O)ON1C(=O)CCC1=O)OCCOCC(=O)ON1C(=O)CCC1=O)ON1C(=O)CCC1=O. The second-order valence-electron chi connectivity index (χ2n) is 30.0. The van der Waals surface area contributed by atoms with Gasteiger partial charge in [0.15, 0.2) is 6.61 Å². The molecule has 8 aliphatic rings. The van der Waals surface area contributed by atoms with Gasteiger partial charge in [-0.3, -0.25) is 76.7 Å². The molecule has 143 heavy (non-hydrogen) atoms. The minimum atomic E-state index is -1.22. The molecule has 8 aliphatic heterocycles. The lowest BCUT2D eigenvalue weighted by Gasteiger charge is -2.24. The number of carbonyl (C=O) groups excluding carboxylic acids is 24. The zero-order chi connectivity index (χ0) is 104. The van der Waals surface area contributed by atoms with Crippen molar-refractivity contribution in [3.63, 3.8) is 0 Å². The van der Waals surface area contributed by atoms with Crippen molar-refractivity contribution in [2.75, 3.05) is 225 Å². The Kier molecular flexibility index (Phi) is 54.2. The molecular formula is C82H110N8O53. The van der Waals surface area contributed by atoms with Gasteiger partial charge < -0.3 is 129 Å². The summed E-state index contributed by atoms with van der Waals surface area (Å²) in [5, 5.41) is 2.46. The summed E-state index contributed by atoms with van der Waals surface area (Å²) < 4.78 is 110. The first-order valence-electron chi connectivity index (χ1n) is 44.4. The first-order chi connectivity index (χ1) is 68.9. The third kappa shape index (κ3) is 44.7. The fourth-order valence-electron chi connectivity index (χ4n) is 12.1. The van der Waals surface area contributed by atoms with E-state index in [1.165, 1.54) is 0 Å². The van der Waals surface area contributed by atoms with E-state index in [0.717, 1.165) is 0 Å². The van der Waals surface area contributed by atoms with Crippen molar-refractivity contribution in [1.82, 2.24) is 40.5 Å². The number of amides is 16. The molecule has 6 unspecified atom stereocenters. The Labute approximate surface area is 810 Å². The van der Waals surface area contributed by atoms with Crippen LogP contribution < -0.4 is 0 Å². The van der Waals surface area contributed by atoms with E-state index in [4.69, 9.17) is 138 Å². The Balaban J connectivity index is 0.0000138. The van der Waals surface area contributed by atoms with Crippen molar-refractivity contribution in [2.24, 2.45) is 0 Å². The molecule has 0 aromatic carbocycles. The molecule has 0 aliphatic carbocycles. The van der Waals surface area contributed by atoms with E-state index in [2.05, 4.69) is 13.2 Å². The summed E-state index contributed by atoms with van der Waals surface area (Å²) in [7, 11) is 0. The quantitative estimate of drug-likeness (QED) is 0.0180. The van der Waals surface area contributed by atoms with Crippen LogP contribution >= 0.6 is 0 Å². The van der Waals surface area contributed by atoms with Gasteiger partial charge in [0.2, 0.25) is 0 Å². The molecule has 8 saturated heterocycles. The smallest absolute Gasteiger partial charge is 0.361 e. The number of hydroxylamine groups is 16. The van der Waals surface area contributed by atoms with Crippen LogP contribution in [0.3, 0.4) is 0 Å². The van der Waals surface area contributed by atoms with Gasteiger partial charge in [-0.1, -0.05) is 0 Å². The zero-order valence-electron chi connectivity index (χ0n) is 77.4. The first kappa shape index (κ1) is 118. The molecule has 0 bridgehead atoms. The molecular weight excluding hydrogens is 1940 g/mol. The van der Waals surface area contributed by atoms with Crippen LogP contribution in [0.2, 0.25) is 0 Å². The topological polar surface area (TPSA) is 703 Å². The van der Waals surface area contributed by atoms with Gasteiger partial charge in [0.05, 0.1) is 165 Å². The molecule has 6 atom stereocenters. The van der Waals surface area contributed by atoms with Crippen LogP contribution in [0.4, 0.5) is 0 Å². The van der Waals surface area contributed by atoms with Crippen molar-refractivity contribution in [2.45, 2.75) is 139 Å². The van der Waals surface area contributed by atoms with E-state index >= 15 is 0 Å². The van der Waals surface area contributed by atoms with E-state index in [0.29, 0.717) is 35.4 Å². The highest BCUT2D eigenvalue weighted by Gasteiger charge is 2.41. The molecule has 0 N–H and O–H groups in total. The molecule has 0 radical (unpaired) electrons. The lowest BCUT2D eigenvalue weighted by molar-refractivity contribution is -0.310. The molecule has 0 aromatic heterocycles. The summed E-state index contributed by atoms with van der Waals surface area (Å²) in [6, 6.07) is 0. The third-order valence-electron chi connectivity index (χ3n) is 18.8. The van der Waals surface area contributed by atoms with Crippen LogP contribution in [0, 0.1) is 0 Å². The van der Waals surface area contributed by atoms with Crippen molar-refractivity contribution in [3.8, 4) is 0 Å². The molecule has 16 amide bonds. The minimum absolute atomic E-state index is 0.154. The Morgan fingerprint density at radius 3 is 0.455 bits per heavy atom. The predicted molar refractivity (Wildman–Crippen MR) is 440 cm³/mol. The van der Waals surface area contributed by atoms with Crippen LogP contribution in [0.15, 0.2) is 13.2 Å². The van der Waals surface area contributed by atoms with Crippen LogP contribution in [0.25, 0.3) is 0 Å². The molecule has 0 aromatic rings. The standard InChI is InChI=1S/C80H106N8O53.C2H4/c89-57-1-2-58(90)81(57)134-73(105)43-114-18-17-113-31-51(126-25-19-115-44-74(106)135-82-59(91)3-4-60(82)92)32-121-33-52(127-26-20-116-45-75(107)136-83-61(93)5-6-62(83)94)34-122-35-53(128-27-21-117-46-76(108)137-84-63(95)7-8-64(84)96)36-123-37-54(129-28-22-118-47-77(109)138-85-65(97)9-10-66(85)98)38-124-39-55(130-29-23-119-48-78(110)139-86-67(99)11-12-68(86)100)40-125-41-56(42-132-133-50-80(112)141-88-71(103)15-16-72(88)104)131-30-24-120-49-79(111)140-87-69(101)13-14-70(87)102;1-2/h51-56H,1-50H2;1-2H2. The molecule has 8 heterocycles. The van der Waals surface area contributed by atoms with Gasteiger partial charge in [-0.15, -0.1) is 53.7 Å². The average molecular weight is 2060 g/mol. The van der Waals surface area contributed by atoms with Gasteiger partial charge in [-0.2, -0.15) is 0 Å². The van der Waals surface area contributed by atoms with E-state index < -0.39 is 291 Å². The van der Waals surface area contributed by atoms with Gasteiger partial charge in [0, 0.05) is 103 Å². The average Bonchev–Trinajstić information content (AvgIpc) is 1.77. The summed E-state index contributed by atoms with van der Waals surface area (Å²) in [4.78, 5) is 343. The Hall–Kier alpha value is -12.2. The van der Waals surface area contributed by atoms with E-state index in [1.54, 1.807) is 0 Å². The lowest BCUT2D eigenvalue weighted by atomic mass is 10.3. The number of rotatable bonds is 76. The van der Waals surface area contributed by atoms with Crippen molar-refractivity contribution in [1.29, 1.82) is 0 Å². The maximum atomic E-state index is 12.7. The number of nitrogens with zero attached hydrogens (tertiary/aromatic N) is 8. The van der Waals surface area contributed by atoms with Gasteiger partial charge in [-0.25, -0.2) is 48.1 Å². The van der Waals surface area contributed by atoms with Crippen molar-refractivity contribution >= 4 is 142 Å². The van der Waals surface area contributed by atoms with Crippen LogP contribution in [-0.4, -0.2) is 444 Å². The molecule has 0 spiro atoms. The van der Waals surface area contributed by atoms with Crippen LogP contribution in [0.5, 0.6) is 0 Å². The third-order valence-corrected chi connectivity index (χ3v) is 18.8.